The van der Waals surface area contributed by atoms with Crippen LogP contribution in [-0.4, -0.2) is 9.13 Å². The summed E-state index contributed by atoms with van der Waals surface area (Å²) in [6.45, 7) is 4.24. The van der Waals surface area contributed by atoms with Crippen molar-refractivity contribution in [2.45, 2.75) is 20.3 Å². The summed E-state index contributed by atoms with van der Waals surface area (Å²) in [7, 11) is 3.24. The molecule has 0 aliphatic carbocycles. The molecule has 0 aliphatic heterocycles. The first-order valence-electron chi connectivity index (χ1n) is 5.59. The van der Waals surface area contributed by atoms with Crippen molar-refractivity contribution in [2.24, 2.45) is 20.0 Å². The number of rotatable bonds is 2. The van der Waals surface area contributed by atoms with Crippen LogP contribution in [0.25, 0.3) is 10.2 Å². The number of aryl methyl sites for hydroxylation is 1. The molecule has 0 radical (unpaired) electrons. The fourth-order valence-corrected chi connectivity index (χ4v) is 3.05. The van der Waals surface area contributed by atoms with E-state index in [1.165, 1.54) is 23.0 Å². The van der Waals surface area contributed by atoms with Crippen LogP contribution >= 0.6 is 11.3 Å². The molecule has 0 N–H and O–H groups in total. The maximum atomic E-state index is 12.1. The Morgan fingerprint density at radius 2 is 1.88 bits per heavy atom. The summed E-state index contributed by atoms with van der Waals surface area (Å²) < 4.78 is 2.73. The molecule has 0 aliphatic rings. The lowest BCUT2D eigenvalue weighted by Gasteiger charge is -2.06. The van der Waals surface area contributed by atoms with E-state index < -0.39 is 0 Å². The predicted octanol–water partition coefficient (Wildman–Crippen LogP) is 1.50. The van der Waals surface area contributed by atoms with Gasteiger partial charge in [-0.25, -0.2) is 4.79 Å². The predicted molar refractivity (Wildman–Crippen MR) is 70.8 cm³/mol. The van der Waals surface area contributed by atoms with Gasteiger partial charge >= 0.3 is 5.69 Å². The topological polar surface area (TPSA) is 44.0 Å². The normalized spacial score (nSPS) is 11.6. The van der Waals surface area contributed by atoms with E-state index in [0.717, 1.165) is 16.8 Å². The van der Waals surface area contributed by atoms with Crippen LogP contribution in [0.4, 0.5) is 0 Å². The molecule has 0 saturated carbocycles. The summed E-state index contributed by atoms with van der Waals surface area (Å²) in [4.78, 5) is 24.7. The zero-order chi connectivity index (χ0) is 12.7. The van der Waals surface area contributed by atoms with Crippen LogP contribution in [0, 0.1) is 5.92 Å². The van der Waals surface area contributed by atoms with Crippen molar-refractivity contribution in [3.05, 3.63) is 31.8 Å². The first-order chi connectivity index (χ1) is 7.93. The molecular weight excluding hydrogens is 236 g/mol. The Bertz CT molecular complexity index is 676. The van der Waals surface area contributed by atoms with Crippen LogP contribution < -0.4 is 11.2 Å². The Kier molecular flexibility index (Phi) is 2.95. The lowest BCUT2D eigenvalue weighted by molar-refractivity contribution is 0.649. The molecule has 2 aromatic heterocycles. The van der Waals surface area contributed by atoms with Gasteiger partial charge in [-0.15, -0.1) is 11.3 Å². The van der Waals surface area contributed by atoms with Gasteiger partial charge in [0, 0.05) is 14.1 Å². The van der Waals surface area contributed by atoms with E-state index in [4.69, 9.17) is 0 Å². The average molecular weight is 252 g/mol. The Morgan fingerprint density at radius 1 is 1.24 bits per heavy atom. The Hall–Kier alpha value is -1.36. The number of hydrogen-bond donors (Lipinski definition) is 0. The van der Waals surface area contributed by atoms with Gasteiger partial charge in [0.05, 0.1) is 5.39 Å². The summed E-state index contributed by atoms with van der Waals surface area (Å²) >= 11 is 1.47. The van der Waals surface area contributed by atoms with E-state index in [2.05, 4.69) is 13.8 Å². The zero-order valence-corrected chi connectivity index (χ0v) is 11.3. The fraction of sp³-hybridized carbons (Fsp3) is 0.500. The zero-order valence-electron chi connectivity index (χ0n) is 10.5. The maximum Gasteiger partial charge on any atom is 0.331 e. The summed E-state index contributed by atoms with van der Waals surface area (Å²) in [5.74, 6) is 0.495. The van der Waals surface area contributed by atoms with E-state index in [0.29, 0.717) is 11.3 Å². The van der Waals surface area contributed by atoms with Crippen molar-refractivity contribution < 1.29 is 0 Å². The second-order valence-electron chi connectivity index (χ2n) is 4.74. The minimum atomic E-state index is -0.263. The van der Waals surface area contributed by atoms with Crippen LogP contribution in [0.3, 0.4) is 0 Å². The quantitative estimate of drug-likeness (QED) is 0.813. The van der Waals surface area contributed by atoms with Gasteiger partial charge in [-0.1, -0.05) is 13.8 Å². The molecule has 0 aromatic carbocycles. The fourth-order valence-electron chi connectivity index (χ4n) is 2.01. The van der Waals surface area contributed by atoms with Crippen molar-refractivity contribution in [1.29, 1.82) is 0 Å². The van der Waals surface area contributed by atoms with E-state index in [9.17, 15) is 9.59 Å². The molecule has 0 unspecified atom stereocenters. The molecule has 0 fully saturated rings. The third-order valence-electron chi connectivity index (χ3n) is 2.87. The van der Waals surface area contributed by atoms with Crippen molar-refractivity contribution in [2.75, 3.05) is 0 Å². The summed E-state index contributed by atoms with van der Waals surface area (Å²) in [6, 6.07) is 0. The minimum absolute atomic E-state index is 0.181. The monoisotopic (exact) mass is 252 g/mol. The first-order valence-corrected chi connectivity index (χ1v) is 6.47. The van der Waals surface area contributed by atoms with E-state index in [1.807, 2.05) is 5.38 Å². The highest BCUT2D eigenvalue weighted by molar-refractivity contribution is 7.17. The third-order valence-corrected chi connectivity index (χ3v) is 3.98. The smallest absolute Gasteiger partial charge is 0.287 e. The molecule has 0 spiro atoms. The molecule has 0 bridgehead atoms. The van der Waals surface area contributed by atoms with E-state index in [-0.39, 0.29) is 11.2 Å². The highest BCUT2D eigenvalue weighted by Gasteiger charge is 2.14. The molecule has 2 rings (SSSR count). The van der Waals surface area contributed by atoms with E-state index in [1.54, 1.807) is 11.6 Å². The Morgan fingerprint density at radius 3 is 2.47 bits per heavy atom. The molecular formula is C12H16N2O2S. The lowest BCUT2D eigenvalue weighted by Crippen LogP contribution is -2.36. The highest BCUT2D eigenvalue weighted by Crippen LogP contribution is 2.23. The third kappa shape index (κ3) is 1.84. The first kappa shape index (κ1) is 12.1. The molecule has 92 valence electrons. The summed E-state index contributed by atoms with van der Waals surface area (Å²) in [6.07, 6.45) is 0.868. The SMILES string of the molecule is CC(C)Cc1csc2c1c(=O)n(C)c(=O)n2C. The van der Waals surface area contributed by atoms with Crippen LogP contribution in [0.2, 0.25) is 0 Å². The second-order valence-corrected chi connectivity index (χ2v) is 5.60. The molecule has 17 heavy (non-hydrogen) atoms. The van der Waals surface area contributed by atoms with Gasteiger partial charge in [0.15, 0.2) is 0 Å². The van der Waals surface area contributed by atoms with Crippen LogP contribution in [0.15, 0.2) is 15.0 Å². The van der Waals surface area contributed by atoms with Gasteiger partial charge in [-0.3, -0.25) is 13.9 Å². The molecule has 2 heterocycles. The number of fused-ring (bicyclic) bond motifs is 1. The van der Waals surface area contributed by atoms with Gasteiger partial charge in [-0.05, 0) is 23.3 Å². The van der Waals surface area contributed by atoms with Gasteiger partial charge in [0.25, 0.3) is 5.56 Å². The van der Waals surface area contributed by atoms with Gasteiger partial charge in [0.2, 0.25) is 0 Å². The molecule has 5 heteroatoms. The Balaban J connectivity index is 2.86. The molecule has 0 atom stereocenters. The van der Waals surface area contributed by atoms with Crippen LogP contribution in [0.5, 0.6) is 0 Å². The van der Waals surface area contributed by atoms with Crippen molar-refractivity contribution >= 4 is 21.6 Å². The number of thiophene rings is 1. The van der Waals surface area contributed by atoms with E-state index >= 15 is 0 Å². The molecule has 2 aromatic rings. The Labute approximate surface area is 103 Å². The van der Waals surface area contributed by atoms with Crippen molar-refractivity contribution in [1.82, 2.24) is 9.13 Å². The lowest BCUT2D eigenvalue weighted by atomic mass is 10.0. The van der Waals surface area contributed by atoms with Gasteiger partial charge in [0.1, 0.15) is 4.83 Å². The minimum Gasteiger partial charge on any atom is -0.287 e. The molecule has 4 nitrogen and oxygen atoms in total. The van der Waals surface area contributed by atoms with Crippen LogP contribution in [-0.2, 0) is 20.5 Å². The average Bonchev–Trinajstić information content (AvgIpc) is 2.66. The number of hydrogen-bond acceptors (Lipinski definition) is 3. The van der Waals surface area contributed by atoms with Crippen molar-refractivity contribution in [3.8, 4) is 0 Å². The van der Waals surface area contributed by atoms with Gasteiger partial charge in [-0.2, -0.15) is 0 Å². The second kappa shape index (κ2) is 4.14. The number of nitrogens with zero attached hydrogens (tertiary/aromatic N) is 2. The highest BCUT2D eigenvalue weighted by atomic mass is 32.1. The molecule has 0 saturated heterocycles. The van der Waals surface area contributed by atoms with Crippen LogP contribution in [0.1, 0.15) is 19.4 Å². The summed E-state index contributed by atoms with van der Waals surface area (Å²) in [5.41, 5.74) is 0.608. The van der Waals surface area contributed by atoms with Crippen molar-refractivity contribution in [3.63, 3.8) is 0 Å². The standard InChI is InChI=1S/C12H16N2O2S/c1-7(2)5-8-6-17-11-9(8)10(15)13(3)12(16)14(11)4/h6-7H,5H2,1-4H3. The van der Waals surface area contributed by atoms with Gasteiger partial charge < -0.3 is 0 Å². The molecule has 0 amide bonds. The number of aromatic nitrogens is 2. The largest absolute Gasteiger partial charge is 0.331 e. The summed E-state index contributed by atoms with van der Waals surface area (Å²) in [5, 5.41) is 2.69. The maximum absolute atomic E-state index is 12.1.